The highest BCUT2D eigenvalue weighted by molar-refractivity contribution is 4.86. The van der Waals surface area contributed by atoms with Crippen molar-refractivity contribution in [2.45, 2.75) is 45.1 Å². The maximum atomic E-state index is 5.51. The summed E-state index contributed by atoms with van der Waals surface area (Å²) >= 11 is 0. The van der Waals surface area contributed by atoms with Crippen molar-refractivity contribution in [3.63, 3.8) is 0 Å². The Morgan fingerprint density at radius 2 is 2.06 bits per heavy atom. The van der Waals surface area contributed by atoms with E-state index in [1.165, 1.54) is 45.2 Å². The summed E-state index contributed by atoms with van der Waals surface area (Å²) in [7, 11) is 0. The van der Waals surface area contributed by atoms with Crippen LogP contribution >= 0.6 is 0 Å². The van der Waals surface area contributed by atoms with Gasteiger partial charge in [0.15, 0.2) is 0 Å². The van der Waals surface area contributed by atoms with Crippen molar-refractivity contribution < 1.29 is 4.74 Å². The molecule has 1 saturated carbocycles. The van der Waals surface area contributed by atoms with Crippen LogP contribution in [0.25, 0.3) is 0 Å². The van der Waals surface area contributed by atoms with Gasteiger partial charge in [0, 0.05) is 38.8 Å². The number of nitrogens with zero attached hydrogens (tertiary/aromatic N) is 1. The van der Waals surface area contributed by atoms with E-state index >= 15 is 0 Å². The van der Waals surface area contributed by atoms with Gasteiger partial charge >= 0.3 is 0 Å². The van der Waals surface area contributed by atoms with Crippen molar-refractivity contribution >= 4 is 0 Å². The van der Waals surface area contributed by atoms with Gasteiger partial charge in [-0.25, -0.2) is 0 Å². The Balaban J connectivity index is 1.82. The van der Waals surface area contributed by atoms with Crippen molar-refractivity contribution in [1.29, 1.82) is 0 Å². The van der Waals surface area contributed by atoms with Crippen molar-refractivity contribution in [3.8, 4) is 0 Å². The van der Waals surface area contributed by atoms with Gasteiger partial charge in [-0.1, -0.05) is 19.3 Å². The van der Waals surface area contributed by atoms with Crippen LogP contribution in [0.15, 0.2) is 0 Å². The standard InChI is InChI=1S/C14H28N2O/c1-2-17-11-10-16-9-8-15-12-14(16)13-6-4-3-5-7-13/h13-15H,2-12H2,1H3. The van der Waals surface area contributed by atoms with Crippen LogP contribution in [0, 0.1) is 5.92 Å². The zero-order chi connectivity index (χ0) is 11.9. The Morgan fingerprint density at radius 1 is 1.24 bits per heavy atom. The summed E-state index contributed by atoms with van der Waals surface area (Å²) in [6.07, 6.45) is 7.23. The fraction of sp³-hybridized carbons (Fsp3) is 1.00. The van der Waals surface area contributed by atoms with Gasteiger partial charge in [-0.15, -0.1) is 0 Å². The lowest BCUT2D eigenvalue weighted by Crippen LogP contribution is -2.55. The van der Waals surface area contributed by atoms with E-state index in [0.29, 0.717) is 0 Å². The average Bonchev–Trinajstić information content (AvgIpc) is 2.41. The Bertz CT molecular complexity index is 204. The lowest BCUT2D eigenvalue weighted by Gasteiger charge is -2.42. The van der Waals surface area contributed by atoms with Crippen LogP contribution in [0.1, 0.15) is 39.0 Å². The predicted molar refractivity (Wildman–Crippen MR) is 71.3 cm³/mol. The zero-order valence-corrected chi connectivity index (χ0v) is 11.3. The summed E-state index contributed by atoms with van der Waals surface area (Å²) in [6, 6.07) is 0.768. The molecule has 0 bridgehead atoms. The topological polar surface area (TPSA) is 24.5 Å². The second kappa shape index (κ2) is 7.34. The molecular weight excluding hydrogens is 212 g/mol. The first-order valence-corrected chi connectivity index (χ1v) is 7.44. The van der Waals surface area contributed by atoms with Crippen molar-refractivity contribution in [2.24, 2.45) is 5.92 Å². The molecule has 1 unspecified atom stereocenters. The number of ether oxygens (including phenoxy) is 1. The fourth-order valence-electron chi connectivity index (χ4n) is 3.36. The number of hydrogen-bond donors (Lipinski definition) is 1. The van der Waals surface area contributed by atoms with Gasteiger partial charge < -0.3 is 10.1 Å². The molecular formula is C14H28N2O. The summed E-state index contributed by atoms with van der Waals surface area (Å²) in [6.45, 7) is 8.49. The normalized spacial score (nSPS) is 28.4. The molecule has 0 aromatic carbocycles. The molecule has 3 nitrogen and oxygen atoms in total. The van der Waals surface area contributed by atoms with Crippen LogP contribution in [-0.4, -0.2) is 50.3 Å². The SMILES string of the molecule is CCOCCN1CCNCC1C1CCCCC1. The van der Waals surface area contributed by atoms with Crippen molar-refractivity contribution in [1.82, 2.24) is 10.2 Å². The first kappa shape index (κ1) is 13.3. The number of rotatable bonds is 5. The van der Waals surface area contributed by atoms with E-state index in [1.807, 2.05) is 0 Å². The highest BCUT2D eigenvalue weighted by atomic mass is 16.5. The van der Waals surface area contributed by atoms with Crippen LogP contribution in [0.4, 0.5) is 0 Å². The molecule has 1 aliphatic carbocycles. The van der Waals surface area contributed by atoms with Crippen LogP contribution in [0.3, 0.4) is 0 Å². The number of piperazine rings is 1. The van der Waals surface area contributed by atoms with E-state index in [1.54, 1.807) is 0 Å². The monoisotopic (exact) mass is 240 g/mol. The first-order valence-electron chi connectivity index (χ1n) is 7.44. The molecule has 1 aliphatic heterocycles. The Labute approximate surface area is 106 Å². The molecule has 2 fully saturated rings. The molecule has 1 N–H and O–H groups in total. The second-order valence-electron chi connectivity index (χ2n) is 5.40. The summed E-state index contributed by atoms with van der Waals surface area (Å²) < 4.78 is 5.51. The third-order valence-electron chi connectivity index (χ3n) is 4.32. The molecule has 1 heterocycles. The Morgan fingerprint density at radius 3 is 2.82 bits per heavy atom. The maximum absolute atomic E-state index is 5.51. The molecule has 100 valence electrons. The van der Waals surface area contributed by atoms with Gasteiger partial charge in [0.2, 0.25) is 0 Å². The molecule has 3 heteroatoms. The molecule has 0 amide bonds. The molecule has 0 spiro atoms. The second-order valence-corrected chi connectivity index (χ2v) is 5.40. The highest BCUT2D eigenvalue weighted by Gasteiger charge is 2.30. The van der Waals surface area contributed by atoms with Gasteiger partial charge in [0.1, 0.15) is 0 Å². The largest absolute Gasteiger partial charge is 0.380 e. The highest BCUT2D eigenvalue weighted by Crippen LogP contribution is 2.29. The van der Waals surface area contributed by atoms with Crippen LogP contribution in [-0.2, 0) is 4.74 Å². The van der Waals surface area contributed by atoms with E-state index in [4.69, 9.17) is 4.74 Å². The lowest BCUT2D eigenvalue weighted by atomic mass is 9.82. The number of nitrogens with one attached hydrogen (secondary N) is 1. The minimum Gasteiger partial charge on any atom is -0.380 e. The Kier molecular flexibility index (Phi) is 5.75. The maximum Gasteiger partial charge on any atom is 0.0593 e. The summed E-state index contributed by atoms with van der Waals surface area (Å²) in [4.78, 5) is 2.67. The summed E-state index contributed by atoms with van der Waals surface area (Å²) in [5, 5.41) is 3.57. The smallest absolute Gasteiger partial charge is 0.0593 e. The van der Waals surface area contributed by atoms with Crippen LogP contribution in [0.2, 0.25) is 0 Å². The molecule has 1 atom stereocenters. The zero-order valence-electron chi connectivity index (χ0n) is 11.3. The predicted octanol–water partition coefficient (Wildman–Crippen LogP) is 1.88. The van der Waals surface area contributed by atoms with Gasteiger partial charge in [0.05, 0.1) is 6.61 Å². The average molecular weight is 240 g/mol. The molecule has 0 radical (unpaired) electrons. The van der Waals surface area contributed by atoms with E-state index in [0.717, 1.165) is 38.3 Å². The van der Waals surface area contributed by atoms with Gasteiger partial charge in [-0.3, -0.25) is 4.90 Å². The van der Waals surface area contributed by atoms with E-state index in [-0.39, 0.29) is 0 Å². The Hall–Kier alpha value is -0.120. The van der Waals surface area contributed by atoms with Gasteiger partial charge in [-0.2, -0.15) is 0 Å². The third kappa shape index (κ3) is 3.94. The lowest BCUT2D eigenvalue weighted by molar-refractivity contribution is 0.0526. The van der Waals surface area contributed by atoms with E-state index < -0.39 is 0 Å². The summed E-state index contributed by atoms with van der Waals surface area (Å²) in [5.41, 5.74) is 0. The van der Waals surface area contributed by atoms with Crippen LogP contribution < -0.4 is 5.32 Å². The quantitative estimate of drug-likeness (QED) is 0.743. The first-order chi connectivity index (χ1) is 8.42. The fourth-order valence-corrected chi connectivity index (χ4v) is 3.36. The molecule has 17 heavy (non-hydrogen) atoms. The molecule has 2 rings (SSSR count). The molecule has 0 aromatic heterocycles. The van der Waals surface area contributed by atoms with E-state index in [9.17, 15) is 0 Å². The van der Waals surface area contributed by atoms with Crippen LogP contribution in [0.5, 0.6) is 0 Å². The van der Waals surface area contributed by atoms with E-state index in [2.05, 4.69) is 17.1 Å². The minimum atomic E-state index is 0.768. The molecule has 2 aliphatic rings. The third-order valence-corrected chi connectivity index (χ3v) is 4.32. The minimum absolute atomic E-state index is 0.768. The van der Waals surface area contributed by atoms with Gasteiger partial charge in [-0.05, 0) is 25.7 Å². The number of hydrogen-bond acceptors (Lipinski definition) is 3. The summed E-state index contributed by atoms with van der Waals surface area (Å²) in [5.74, 6) is 0.929. The molecule has 1 saturated heterocycles. The van der Waals surface area contributed by atoms with Crippen molar-refractivity contribution in [3.05, 3.63) is 0 Å². The molecule has 0 aromatic rings. The van der Waals surface area contributed by atoms with Gasteiger partial charge in [0.25, 0.3) is 0 Å². The van der Waals surface area contributed by atoms with Crippen molar-refractivity contribution in [2.75, 3.05) is 39.4 Å².